The molecule has 1 fully saturated rings. The maximum absolute atomic E-state index is 13.0. The lowest BCUT2D eigenvalue weighted by Crippen LogP contribution is -3.00. The second-order valence-corrected chi connectivity index (χ2v) is 7.62. The molecule has 0 aromatic heterocycles. The van der Waals surface area contributed by atoms with Gasteiger partial charge in [0.25, 0.3) is 5.91 Å². The molecule has 160 valence electrons. The molecule has 5 rings (SSSR count). The predicted octanol–water partition coefficient (Wildman–Crippen LogP) is 0.967. The minimum atomic E-state index is 0. The first-order chi connectivity index (χ1) is 14.8. The van der Waals surface area contributed by atoms with Gasteiger partial charge in [-0.1, -0.05) is 60.7 Å². The van der Waals surface area contributed by atoms with Gasteiger partial charge in [0.05, 0.1) is 6.04 Å². The lowest BCUT2D eigenvalue weighted by molar-refractivity contribution is -0.0000181. The van der Waals surface area contributed by atoms with Crippen molar-refractivity contribution in [3.8, 4) is 11.5 Å². The average Bonchev–Trinajstić information content (AvgIpc) is 3.29. The van der Waals surface area contributed by atoms with Crippen LogP contribution < -0.4 is 21.9 Å². The number of ether oxygens (including phenoxy) is 2. The average molecular weight is 436 g/mol. The fourth-order valence-corrected chi connectivity index (χ4v) is 4.28. The molecule has 0 radical (unpaired) electrons. The second-order valence-electron chi connectivity index (χ2n) is 7.62. The molecule has 3 aromatic rings. The van der Waals surface area contributed by atoms with E-state index in [1.54, 1.807) is 6.07 Å². The number of carbonyl (C=O) groups is 1. The van der Waals surface area contributed by atoms with Gasteiger partial charge in [0.2, 0.25) is 6.79 Å². The van der Waals surface area contributed by atoms with E-state index in [-0.39, 0.29) is 31.1 Å². The Hall–Kier alpha value is -3.02. The summed E-state index contributed by atoms with van der Waals surface area (Å²) in [6, 6.07) is 26.8. The first kappa shape index (κ1) is 21.2. The summed E-state index contributed by atoms with van der Waals surface area (Å²) in [6.45, 7) is 3.26. The van der Waals surface area contributed by atoms with Crippen LogP contribution in [0, 0.1) is 0 Å². The summed E-state index contributed by atoms with van der Waals surface area (Å²) in [7, 11) is 0. The topological polar surface area (TPSA) is 42.0 Å². The Labute approximate surface area is 188 Å². The first-order valence-corrected chi connectivity index (χ1v) is 10.3. The molecule has 0 bridgehead atoms. The van der Waals surface area contributed by atoms with Crippen molar-refractivity contribution >= 4 is 5.91 Å². The number of amides is 1. The highest BCUT2D eigenvalue weighted by atomic mass is 35.5. The van der Waals surface area contributed by atoms with Gasteiger partial charge >= 0.3 is 0 Å². The van der Waals surface area contributed by atoms with Crippen LogP contribution >= 0.6 is 0 Å². The molecule has 2 heterocycles. The Kier molecular flexibility index (Phi) is 6.44. The summed E-state index contributed by atoms with van der Waals surface area (Å²) in [5, 5.41) is 0. The molecule has 0 aliphatic carbocycles. The number of nitrogens with zero attached hydrogens (tertiary/aromatic N) is 2. The third-order valence-electron chi connectivity index (χ3n) is 5.82. The molecule has 0 N–H and O–H groups in total. The Morgan fingerprint density at radius 1 is 0.742 bits per heavy atom. The number of hydrogen-bond donors (Lipinski definition) is 0. The highest BCUT2D eigenvalue weighted by molar-refractivity contribution is 5.95. The van der Waals surface area contributed by atoms with Crippen LogP contribution in [-0.2, 0) is 0 Å². The molecule has 1 amide bonds. The van der Waals surface area contributed by atoms with E-state index in [1.807, 2.05) is 29.2 Å². The Bertz CT molecular complexity index is 982. The third-order valence-corrected chi connectivity index (χ3v) is 5.82. The first-order valence-electron chi connectivity index (χ1n) is 10.3. The molecule has 5 nitrogen and oxygen atoms in total. The van der Waals surface area contributed by atoms with Crippen molar-refractivity contribution in [1.29, 1.82) is 0 Å². The van der Waals surface area contributed by atoms with Crippen molar-refractivity contribution in [1.82, 2.24) is 9.80 Å². The number of piperazine rings is 1. The van der Waals surface area contributed by atoms with Gasteiger partial charge in [-0.15, -0.1) is 0 Å². The van der Waals surface area contributed by atoms with Gasteiger partial charge in [-0.2, -0.15) is 0 Å². The molecule has 0 spiro atoms. The summed E-state index contributed by atoms with van der Waals surface area (Å²) in [5.74, 6) is 1.39. The fraction of sp³-hybridized carbons (Fsp3) is 0.240. The lowest BCUT2D eigenvalue weighted by Gasteiger charge is -2.39. The smallest absolute Gasteiger partial charge is 0.254 e. The van der Waals surface area contributed by atoms with Crippen molar-refractivity contribution in [3.63, 3.8) is 0 Å². The lowest BCUT2D eigenvalue weighted by atomic mass is 9.96. The number of hydrogen-bond acceptors (Lipinski definition) is 4. The van der Waals surface area contributed by atoms with Crippen LogP contribution in [0.1, 0.15) is 27.5 Å². The van der Waals surface area contributed by atoms with Gasteiger partial charge in [-0.05, 0) is 29.3 Å². The molecule has 1 saturated heterocycles. The van der Waals surface area contributed by atoms with E-state index < -0.39 is 0 Å². The zero-order valence-electron chi connectivity index (χ0n) is 17.1. The summed E-state index contributed by atoms with van der Waals surface area (Å²) in [6.07, 6.45) is 0. The summed E-state index contributed by atoms with van der Waals surface area (Å²) >= 11 is 0. The van der Waals surface area contributed by atoms with Crippen LogP contribution in [0.2, 0.25) is 0 Å². The van der Waals surface area contributed by atoms with Crippen LogP contribution in [0.4, 0.5) is 0 Å². The quantitative estimate of drug-likeness (QED) is 0.612. The van der Waals surface area contributed by atoms with E-state index in [0.717, 1.165) is 13.1 Å². The van der Waals surface area contributed by atoms with Crippen molar-refractivity contribution in [2.24, 2.45) is 0 Å². The van der Waals surface area contributed by atoms with E-state index in [2.05, 4.69) is 53.4 Å². The number of rotatable bonds is 4. The van der Waals surface area contributed by atoms with Crippen molar-refractivity contribution in [3.05, 3.63) is 95.6 Å². The van der Waals surface area contributed by atoms with E-state index in [1.165, 1.54) is 11.1 Å². The Morgan fingerprint density at radius 2 is 1.32 bits per heavy atom. The summed E-state index contributed by atoms with van der Waals surface area (Å²) in [4.78, 5) is 17.4. The van der Waals surface area contributed by atoms with Crippen LogP contribution in [0.25, 0.3) is 0 Å². The number of fused-ring (bicyclic) bond motifs is 1. The normalized spacial score (nSPS) is 15.6. The Morgan fingerprint density at radius 3 is 1.94 bits per heavy atom. The predicted molar refractivity (Wildman–Crippen MR) is 115 cm³/mol. The summed E-state index contributed by atoms with van der Waals surface area (Å²) < 4.78 is 10.8. The van der Waals surface area contributed by atoms with E-state index in [0.29, 0.717) is 30.2 Å². The maximum atomic E-state index is 13.0. The van der Waals surface area contributed by atoms with E-state index in [4.69, 9.17) is 9.47 Å². The largest absolute Gasteiger partial charge is 1.00 e. The highest BCUT2D eigenvalue weighted by Gasteiger charge is 2.29. The molecule has 0 saturated carbocycles. The van der Waals surface area contributed by atoms with E-state index in [9.17, 15) is 4.79 Å². The minimum Gasteiger partial charge on any atom is -1.00 e. The van der Waals surface area contributed by atoms with Gasteiger partial charge < -0.3 is 26.8 Å². The van der Waals surface area contributed by atoms with E-state index >= 15 is 0 Å². The molecule has 0 atom stereocenters. The van der Waals surface area contributed by atoms with Gasteiger partial charge in [-0.3, -0.25) is 9.69 Å². The molecule has 2 aliphatic rings. The van der Waals surface area contributed by atoms with Gasteiger partial charge in [0.15, 0.2) is 11.5 Å². The molecular weight excluding hydrogens is 412 g/mol. The van der Waals surface area contributed by atoms with Crippen LogP contribution in [0.5, 0.6) is 11.5 Å². The number of benzene rings is 3. The Balaban J connectivity index is 0.00000231. The molecule has 31 heavy (non-hydrogen) atoms. The van der Waals surface area contributed by atoms with Gasteiger partial charge in [-0.25, -0.2) is 0 Å². The second kappa shape index (κ2) is 9.41. The standard InChI is InChI=1S/C25H24N2O3.ClH/c28-25(21-11-12-22-23(17-21)30-18-29-22)27-15-13-26(14-16-27)24(19-7-3-1-4-8-19)20-9-5-2-6-10-20;/h1-12,17,24H,13-16,18H2;1H/p-1. The molecule has 3 aromatic carbocycles. The van der Waals surface area contributed by atoms with Crippen LogP contribution in [0.3, 0.4) is 0 Å². The van der Waals surface area contributed by atoms with Crippen molar-refractivity contribution < 1.29 is 26.7 Å². The number of halogens is 1. The SMILES string of the molecule is O=C(c1ccc2c(c1)OCO2)N1CCN(C(c2ccccc2)c2ccccc2)CC1.[Cl-]. The van der Waals surface area contributed by atoms with Crippen LogP contribution in [-0.4, -0.2) is 48.7 Å². The van der Waals surface area contributed by atoms with Crippen molar-refractivity contribution in [2.75, 3.05) is 33.0 Å². The monoisotopic (exact) mass is 435 g/mol. The zero-order valence-corrected chi connectivity index (χ0v) is 17.9. The highest BCUT2D eigenvalue weighted by Crippen LogP contribution is 2.33. The number of carbonyl (C=O) groups excluding carboxylic acids is 1. The maximum Gasteiger partial charge on any atom is 0.254 e. The van der Waals surface area contributed by atoms with Gasteiger partial charge in [0, 0.05) is 31.7 Å². The summed E-state index contributed by atoms with van der Waals surface area (Å²) in [5.41, 5.74) is 3.20. The van der Waals surface area contributed by atoms with Crippen LogP contribution in [0.15, 0.2) is 78.9 Å². The molecule has 2 aliphatic heterocycles. The van der Waals surface area contributed by atoms with Gasteiger partial charge in [0.1, 0.15) is 0 Å². The fourth-order valence-electron chi connectivity index (χ4n) is 4.28. The molecular formula is C25H24ClN2O3-. The molecule has 0 unspecified atom stereocenters. The molecule has 6 heteroatoms. The third kappa shape index (κ3) is 4.38. The van der Waals surface area contributed by atoms with Crippen molar-refractivity contribution in [2.45, 2.75) is 6.04 Å². The zero-order chi connectivity index (χ0) is 20.3. The minimum absolute atomic E-state index is 0.